The van der Waals surface area contributed by atoms with E-state index in [0.29, 0.717) is 18.7 Å². The largest absolute Gasteiger partial charge is 0.444 e. The molecular weight excluding hydrogens is 420 g/mol. The van der Waals surface area contributed by atoms with Crippen molar-refractivity contribution in [2.75, 3.05) is 18.0 Å². The number of ether oxygens (including phenoxy) is 1. The average molecular weight is 454 g/mol. The number of rotatable bonds is 3. The molecule has 0 radical (unpaired) electrons. The van der Waals surface area contributed by atoms with Crippen LogP contribution in [0.3, 0.4) is 0 Å². The van der Waals surface area contributed by atoms with Gasteiger partial charge in [0.05, 0.1) is 12.1 Å². The average Bonchev–Trinajstić information content (AvgIpc) is 3.51. The van der Waals surface area contributed by atoms with Gasteiger partial charge in [0.15, 0.2) is 0 Å². The maximum absolute atomic E-state index is 12.6. The highest BCUT2D eigenvalue weighted by Crippen LogP contribution is 2.35. The first-order valence-corrected chi connectivity index (χ1v) is 11.1. The fourth-order valence-corrected chi connectivity index (χ4v) is 3.62. The molecule has 0 saturated carbocycles. The molecule has 4 heterocycles. The highest BCUT2D eigenvalue weighted by Gasteiger charge is 2.46. The zero-order valence-corrected chi connectivity index (χ0v) is 19.8. The number of halogens is 2. The van der Waals surface area contributed by atoms with Crippen LogP contribution in [0, 0.1) is 0 Å². The van der Waals surface area contributed by atoms with E-state index in [0.717, 1.165) is 12.2 Å². The summed E-state index contributed by atoms with van der Waals surface area (Å²) in [4.78, 5) is 24.4. The zero-order chi connectivity index (χ0) is 24.1. The van der Waals surface area contributed by atoms with Crippen molar-refractivity contribution >= 4 is 11.9 Å². The summed E-state index contributed by atoms with van der Waals surface area (Å²) < 4.78 is 35.1. The van der Waals surface area contributed by atoms with Crippen LogP contribution >= 0.6 is 0 Å². The topological polar surface area (TPSA) is 84.6 Å². The van der Waals surface area contributed by atoms with E-state index in [-0.39, 0.29) is 24.0 Å². The molecule has 0 aliphatic carbocycles. The van der Waals surface area contributed by atoms with Gasteiger partial charge in [-0.25, -0.2) is 9.78 Å². The van der Waals surface area contributed by atoms with E-state index in [4.69, 9.17) is 4.74 Å². The number of piperazine rings is 1. The molecule has 0 aromatic carbocycles. The minimum absolute atomic E-state index is 0.0772. The van der Waals surface area contributed by atoms with Crippen molar-refractivity contribution in [3.8, 4) is 11.4 Å². The molecule has 4 rings (SSSR count). The summed E-state index contributed by atoms with van der Waals surface area (Å²) in [6, 6.07) is 3.78. The van der Waals surface area contributed by atoms with E-state index in [9.17, 15) is 13.6 Å². The van der Waals surface area contributed by atoms with Gasteiger partial charge in [-0.3, -0.25) is 0 Å². The molecule has 2 fully saturated rings. The van der Waals surface area contributed by atoms with Gasteiger partial charge in [-0.1, -0.05) is 32.9 Å². The lowest BCUT2D eigenvalue weighted by Gasteiger charge is -2.35. The molecular formula is C22H33F2N5O3. The second kappa shape index (κ2) is 10.7. The van der Waals surface area contributed by atoms with Crippen LogP contribution < -0.4 is 4.90 Å². The third-order valence-corrected chi connectivity index (χ3v) is 4.80. The minimum atomic E-state index is -2.80. The Morgan fingerprint density at radius 1 is 1.16 bits per heavy atom. The summed E-state index contributed by atoms with van der Waals surface area (Å²) in [5.74, 6) is 0.129. The summed E-state index contributed by atoms with van der Waals surface area (Å²) in [5, 5.41) is 3.55. The number of anilines is 1. The van der Waals surface area contributed by atoms with Crippen molar-refractivity contribution in [1.82, 2.24) is 20.0 Å². The van der Waals surface area contributed by atoms with Gasteiger partial charge < -0.3 is 19.1 Å². The van der Waals surface area contributed by atoms with Crippen LogP contribution in [0.1, 0.15) is 67.2 Å². The third kappa shape index (κ3) is 5.72. The number of pyridine rings is 1. The number of aromatic nitrogens is 3. The fourth-order valence-electron chi connectivity index (χ4n) is 3.62. The van der Waals surface area contributed by atoms with E-state index >= 15 is 0 Å². The van der Waals surface area contributed by atoms with Crippen molar-refractivity contribution in [1.29, 1.82) is 0 Å². The molecule has 2 aromatic rings. The third-order valence-electron chi connectivity index (χ3n) is 4.80. The molecule has 0 N–H and O–H groups in total. The molecule has 1 amide bonds. The summed E-state index contributed by atoms with van der Waals surface area (Å²) in [6.07, 6.45) is -0.686. The quantitative estimate of drug-likeness (QED) is 0.622. The minimum Gasteiger partial charge on any atom is -0.444 e. The Balaban J connectivity index is 0.000000860. The van der Waals surface area contributed by atoms with Gasteiger partial charge in [0, 0.05) is 24.8 Å². The first kappa shape index (κ1) is 25.5. The Bertz CT molecular complexity index is 867. The van der Waals surface area contributed by atoms with Crippen LogP contribution in [0.2, 0.25) is 0 Å². The number of amides is 1. The van der Waals surface area contributed by atoms with Crippen molar-refractivity contribution < 1.29 is 22.8 Å². The summed E-state index contributed by atoms with van der Waals surface area (Å²) in [7, 11) is 0. The van der Waals surface area contributed by atoms with Crippen molar-refractivity contribution in [3.05, 3.63) is 24.2 Å². The Labute approximate surface area is 187 Å². The fraction of sp³-hybridized carbons (Fsp3) is 0.636. The van der Waals surface area contributed by atoms with Crippen molar-refractivity contribution in [2.24, 2.45) is 0 Å². The van der Waals surface area contributed by atoms with Crippen LogP contribution in [0.4, 0.5) is 19.4 Å². The first-order valence-electron chi connectivity index (χ1n) is 11.1. The van der Waals surface area contributed by atoms with E-state index in [2.05, 4.69) is 24.5 Å². The lowest BCUT2D eigenvalue weighted by Crippen LogP contribution is -2.50. The lowest BCUT2D eigenvalue weighted by molar-refractivity contribution is 0.0214. The number of hydrogen-bond donors (Lipinski definition) is 0. The molecule has 2 aliphatic heterocycles. The molecule has 2 aliphatic rings. The number of nitrogens with zero attached hydrogens (tertiary/aromatic N) is 5. The summed E-state index contributed by atoms with van der Waals surface area (Å²) in [6.45, 7) is 14.8. The molecule has 2 bridgehead atoms. The highest BCUT2D eigenvalue weighted by atomic mass is 19.3. The van der Waals surface area contributed by atoms with Crippen molar-refractivity contribution in [2.45, 2.75) is 79.0 Å². The van der Waals surface area contributed by atoms with Crippen LogP contribution in [-0.4, -0.2) is 56.9 Å². The van der Waals surface area contributed by atoms with E-state index in [1.54, 1.807) is 17.0 Å². The number of fused-ring (bicyclic) bond motifs is 2. The Hall–Kier alpha value is -2.78. The second-order valence-electron chi connectivity index (χ2n) is 7.99. The van der Waals surface area contributed by atoms with Gasteiger partial charge in [0.1, 0.15) is 11.4 Å². The Morgan fingerprint density at radius 2 is 1.84 bits per heavy atom. The molecule has 178 valence electrons. The number of likely N-dealkylation sites (tertiary alicyclic amines) is 1. The second-order valence-corrected chi connectivity index (χ2v) is 7.99. The zero-order valence-electron chi connectivity index (χ0n) is 19.8. The number of hydrogen-bond acceptors (Lipinski definition) is 7. The molecule has 8 nitrogen and oxygen atoms in total. The molecule has 0 spiro atoms. The molecule has 2 saturated heterocycles. The van der Waals surface area contributed by atoms with Gasteiger partial charge in [-0.05, 0) is 39.3 Å². The highest BCUT2D eigenvalue weighted by molar-refractivity contribution is 5.70. The standard InChI is InChI=1S/C18H21F2N5O3.2C2H6/c1-18(2,3)27-17(26)25-9-11-6-12(25)8-24(11)13-5-4-10(7-21-13)15-22-16(14(19)20)28-23-15;2*1-2/h4-5,7,11-12,14H,6,8-9H2,1-3H3;2*1-2H3. The predicted octanol–water partition coefficient (Wildman–Crippen LogP) is 5.32. The van der Waals surface area contributed by atoms with E-state index in [1.165, 1.54) is 6.20 Å². The first-order chi connectivity index (χ1) is 15.2. The van der Waals surface area contributed by atoms with Crippen LogP contribution in [0.15, 0.2) is 22.9 Å². The maximum atomic E-state index is 12.6. The van der Waals surface area contributed by atoms with Gasteiger partial charge >= 0.3 is 12.5 Å². The van der Waals surface area contributed by atoms with Gasteiger partial charge in [-0.15, -0.1) is 0 Å². The number of carbonyl (C=O) groups excluding carboxylic acids is 1. The maximum Gasteiger partial charge on any atom is 0.410 e. The molecule has 32 heavy (non-hydrogen) atoms. The summed E-state index contributed by atoms with van der Waals surface area (Å²) in [5.41, 5.74) is -0.0193. The predicted molar refractivity (Wildman–Crippen MR) is 118 cm³/mol. The smallest absolute Gasteiger partial charge is 0.410 e. The van der Waals surface area contributed by atoms with E-state index < -0.39 is 17.9 Å². The van der Waals surface area contributed by atoms with Gasteiger partial charge in [0.25, 0.3) is 5.89 Å². The van der Waals surface area contributed by atoms with Crippen LogP contribution in [0.5, 0.6) is 0 Å². The molecule has 2 unspecified atom stereocenters. The number of alkyl halides is 2. The number of carbonyl (C=O) groups is 1. The van der Waals surface area contributed by atoms with Gasteiger partial charge in [0.2, 0.25) is 5.82 Å². The SMILES string of the molecule is CC.CC.CC(C)(C)OC(=O)N1CC2CC1CN2c1ccc(-c2noc(C(F)F)n2)cn1. The Kier molecular flexibility index (Phi) is 8.51. The van der Waals surface area contributed by atoms with Crippen molar-refractivity contribution in [3.63, 3.8) is 0 Å². The van der Waals surface area contributed by atoms with E-state index in [1.807, 2.05) is 48.5 Å². The van der Waals surface area contributed by atoms with Crippen LogP contribution in [-0.2, 0) is 4.74 Å². The molecule has 2 atom stereocenters. The van der Waals surface area contributed by atoms with Crippen LogP contribution in [0.25, 0.3) is 11.4 Å². The van der Waals surface area contributed by atoms with Gasteiger partial charge in [-0.2, -0.15) is 13.8 Å². The monoisotopic (exact) mass is 453 g/mol. The Morgan fingerprint density at radius 3 is 2.31 bits per heavy atom. The summed E-state index contributed by atoms with van der Waals surface area (Å²) >= 11 is 0. The molecule has 2 aromatic heterocycles. The lowest BCUT2D eigenvalue weighted by atomic mass is 10.2. The molecule has 10 heteroatoms. The normalized spacial score (nSPS) is 19.3.